The van der Waals surface area contributed by atoms with E-state index >= 15 is 0 Å². The van der Waals surface area contributed by atoms with Gasteiger partial charge in [-0.25, -0.2) is 19.6 Å². The van der Waals surface area contributed by atoms with Crippen LogP contribution in [0.4, 0.5) is 23.0 Å². The third-order valence-electron chi connectivity index (χ3n) is 3.07. The van der Waals surface area contributed by atoms with E-state index < -0.39 is 22.5 Å². The largest absolute Gasteiger partial charge is 0.465 e. The number of ether oxygens (including phenoxy) is 2. The van der Waals surface area contributed by atoms with Gasteiger partial charge >= 0.3 is 17.6 Å². The molecular formula is C14H13N5O6. The standard InChI is InChI=1S/C14H13N5O6/c1-24-13(20)7-3-8(14(21)25-2)5-9(4-7)18-12-10(19(22)23)11(15)16-6-17-12/h3-6H,1-2H3,(H3,15,16,17,18). The Labute approximate surface area is 140 Å². The number of nitrogens with two attached hydrogens (primary N) is 1. The number of esters is 2. The van der Waals surface area contributed by atoms with Gasteiger partial charge in [0.25, 0.3) is 0 Å². The van der Waals surface area contributed by atoms with Gasteiger partial charge in [0, 0.05) is 5.69 Å². The zero-order valence-corrected chi connectivity index (χ0v) is 13.2. The van der Waals surface area contributed by atoms with Crippen molar-refractivity contribution in [3.8, 4) is 0 Å². The van der Waals surface area contributed by atoms with Crippen molar-refractivity contribution in [2.45, 2.75) is 0 Å². The first kappa shape index (κ1) is 17.6. The molecule has 1 aromatic carbocycles. The van der Waals surface area contributed by atoms with Crippen LogP contribution in [0.15, 0.2) is 24.5 Å². The zero-order chi connectivity index (χ0) is 18.6. The van der Waals surface area contributed by atoms with Gasteiger partial charge in [0.15, 0.2) is 0 Å². The summed E-state index contributed by atoms with van der Waals surface area (Å²) in [4.78, 5) is 41.2. The lowest BCUT2D eigenvalue weighted by Gasteiger charge is -2.10. The summed E-state index contributed by atoms with van der Waals surface area (Å²) in [6.45, 7) is 0. The second-order valence-corrected chi connectivity index (χ2v) is 4.62. The summed E-state index contributed by atoms with van der Waals surface area (Å²) in [5, 5.41) is 13.8. The summed E-state index contributed by atoms with van der Waals surface area (Å²) in [7, 11) is 2.35. The van der Waals surface area contributed by atoms with Crippen LogP contribution in [0.1, 0.15) is 20.7 Å². The molecule has 0 amide bonds. The van der Waals surface area contributed by atoms with E-state index in [2.05, 4.69) is 24.8 Å². The number of nitrogen functional groups attached to an aromatic ring is 1. The molecule has 0 aliphatic rings. The van der Waals surface area contributed by atoms with Crippen molar-refractivity contribution in [3.05, 3.63) is 45.8 Å². The van der Waals surface area contributed by atoms with Crippen LogP contribution >= 0.6 is 0 Å². The van der Waals surface area contributed by atoms with Crippen LogP contribution < -0.4 is 11.1 Å². The lowest BCUT2D eigenvalue weighted by atomic mass is 10.1. The first-order valence-corrected chi connectivity index (χ1v) is 6.71. The Bertz CT molecular complexity index is 819. The van der Waals surface area contributed by atoms with E-state index in [9.17, 15) is 19.7 Å². The number of nitro groups is 1. The molecule has 3 N–H and O–H groups in total. The smallest absolute Gasteiger partial charge is 0.353 e. The van der Waals surface area contributed by atoms with Gasteiger partial charge in [0.1, 0.15) is 6.33 Å². The number of anilines is 3. The van der Waals surface area contributed by atoms with Crippen molar-refractivity contribution in [3.63, 3.8) is 0 Å². The minimum absolute atomic E-state index is 0.0394. The Hall–Kier alpha value is -3.76. The summed E-state index contributed by atoms with van der Waals surface area (Å²) in [5.74, 6) is -1.94. The normalized spacial score (nSPS) is 10.0. The van der Waals surface area contributed by atoms with Crippen LogP contribution in [0.3, 0.4) is 0 Å². The molecule has 0 saturated heterocycles. The van der Waals surface area contributed by atoms with Crippen molar-refractivity contribution < 1.29 is 24.0 Å². The van der Waals surface area contributed by atoms with Gasteiger partial charge in [-0.1, -0.05) is 0 Å². The molecule has 1 aromatic heterocycles. The molecule has 0 unspecified atom stereocenters. The van der Waals surface area contributed by atoms with Gasteiger partial charge in [-0.05, 0) is 18.2 Å². The fourth-order valence-electron chi connectivity index (χ4n) is 1.97. The minimum Gasteiger partial charge on any atom is -0.465 e. The monoisotopic (exact) mass is 347 g/mol. The number of carbonyl (C=O) groups is 2. The maximum Gasteiger partial charge on any atom is 0.353 e. The maximum atomic E-state index is 11.8. The van der Waals surface area contributed by atoms with Crippen molar-refractivity contribution in [1.82, 2.24) is 9.97 Å². The Balaban J connectivity index is 2.53. The molecule has 0 radical (unpaired) electrons. The van der Waals surface area contributed by atoms with Crippen LogP contribution in [0.2, 0.25) is 0 Å². The van der Waals surface area contributed by atoms with E-state index in [1.807, 2.05) is 0 Å². The molecule has 0 aliphatic heterocycles. The SMILES string of the molecule is COC(=O)c1cc(Nc2ncnc(N)c2[N+](=O)[O-])cc(C(=O)OC)c1. The molecule has 11 nitrogen and oxygen atoms in total. The fraction of sp³-hybridized carbons (Fsp3) is 0.143. The van der Waals surface area contributed by atoms with Gasteiger partial charge < -0.3 is 20.5 Å². The molecule has 1 heterocycles. The third-order valence-corrected chi connectivity index (χ3v) is 3.07. The summed E-state index contributed by atoms with van der Waals surface area (Å²) in [6, 6.07) is 3.94. The van der Waals surface area contributed by atoms with Crippen LogP contribution in [0, 0.1) is 10.1 Å². The number of benzene rings is 1. The van der Waals surface area contributed by atoms with E-state index in [4.69, 9.17) is 5.73 Å². The van der Waals surface area contributed by atoms with E-state index in [-0.39, 0.29) is 28.5 Å². The van der Waals surface area contributed by atoms with E-state index in [1.165, 1.54) is 32.4 Å². The Morgan fingerprint density at radius 1 is 1.12 bits per heavy atom. The van der Waals surface area contributed by atoms with Crippen LogP contribution in [0.25, 0.3) is 0 Å². The zero-order valence-electron chi connectivity index (χ0n) is 13.2. The fourth-order valence-corrected chi connectivity index (χ4v) is 1.97. The molecule has 11 heteroatoms. The lowest BCUT2D eigenvalue weighted by Crippen LogP contribution is -2.09. The van der Waals surface area contributed by atoms with E-state index in [0.717, 1.165) is 6.33 Å². The molecule has 0 spiro atoms. The number of hydrogen-bond acceptors (Lipinski definition) is 10. The van der Waals surface area contributed by atoms with E-state index in [1.54, 1.807) is 0 Å². The lowest BCUT2D eigenvalue weighted by molar-refractivity contribution is -0.383. The molecule has 0 atom stereocenters. The highest BCUT2D eigenvalue weighted by atomic mass is 16.6. The van der Waals surface area contributed by atoms with Crippen molar-refractivity contribution in [2.75, 3.05) is 25.3 Å². The van der Waals surface area contributed by atoms with E-state index in [0.29, 0.717) is 0 Å². The molecule has 130 valence electrons. The van der Waals surface area contributed by atoms with Crippen molar-refractivity contribution >= 4 is 34.9 Å². The number of methoxy groups -OCH3 is 2. The number of aromatic nitrogens is 2. The highest BCUT2D eigenvalue weighted by molar-refractivity contribution is 5.97. The van der Waals surface area contributed by atoms with Gasteiger partial charge in [-0.15, -0.1) is 0 Å². The number of carbonyl (C=O) groups excluding carboxylic acids is 2. The minimum atomic E-state index is -0.747. The van der Waals surface area contributed by atoms with Crippen LogP contribution in [0.5, 0.6) is 0 Å². The van der Waals surface area contributed by atoms with Gasteiger partial charge in [0.05, 0.1) is 30.3 Å². The van der Waals surface area contributed by atoms with Crippen LogP contribution in [-0.2, 0) is 9.47 Å². The van der Waals surface area contributed by atoms with Gasteiger partial charge in [-0.2, -0.15) is 0 Å². The third kappa shape index (κ3) is 3.77. The molecule has 25 heavy (non-hydrogen) atoms. The number of nitrogens with zero attached hydrogens (tertiary/aromatic N) is 3. The summed E-state index contributed by atoms with van der Waals surface area (Å²) in [5.41, 5.74) is 5.21. The first-order chi connectivity index (χ1) is 11.9. The highest BCUT2D eigenvalue weighted by Gasteiger charge is 2.22. The molecule has 2 aromatic rings. The first-order valence-electron chi connectivity index (χ1n) is 6.71. The highest BCUT2D eigenvalue weighted by Crippen LogP contribution is 2.30. The van der Waals surface area contributed by atoms with Crippen molar-refractivity contribution in [2.24, 2.45) is 0 Å². The predicted molar refractivity (Wildman–Crippen MR) is 85.5 cm³/mol. The molecular weight excluding hydrogens is 334 g/mol. The average Bonchev–Trinajstić information content (AvgIpc) is 2.59. The van der Waals surface area contributed by atoms with Gasteiger partial charge in [0.2, 0.25) is 11.6 Å². The topological polar surface area (TPSA) is 160 Å². The quantitative estimate of drug-likeness (QED) is 0.458. The summed E-state index contributed by atoms with van der Waals surface area (Å²) >= 11 is 0. The molecule has 0 fully saturated rings. The maximum absolute atomic E-state index is 11.8. The molecule has 0 aliphatic carbocycles. The molecule has 0 saturated carbocycles. The van der Waals surface area contributed by atoms with Crippen LogP contribution in [-0.4, -0.2) is 41.0 Å². The Kier molecular flexibility index (Phi) is 5.07. The predicted octanol–water partition coefficient (Wildman–Crippen LogP) is 1.28. The second-order valence-electron chi connectivity index (χ2n) is 4.62. The van der Waals surface area contributed by atoms with Crippen molar-refractivity contribution in [1.29, 1.82) is 0 Å². The molecule has 0 bridgehead atoms. The number of nitrogens with one attached hydrogen (secondary N) is 1. The summed E-state index contributed by atoms with van der Waals surface area (Å²) < 4.78 is 9.24. The van der Waals surface area contributed by atoms with Gasteiger partial charge in [-0.3, -0.25) is 10.1 Å². The number of hydrogen-bond donors (Lipinski definition) is 2. The second kappa shape index (κ2) is 7.21. The Morgan fingerprint density at radius 3 is 2.16 bits per heavy atom. The average molecular weight is 347 g/mol. The summed E-state index contributed by atoms with van der Waals surface area (Å²) in [6.07, 6.45) is 1.04. The number of rotatable bonds is 5. The Morgan fingerprint density at radius 2 is 1.68 bits per heavy atom. The molecule has 2 rings (SSSR count).